The monoisotopic (exact) mass is 498 g/mol. The molecular formula is C28H50O7. The molecule has 0 aliphatic rings. The number of rotatable bonds is 14. The molecule has 0 saturated heterocycles. The molecule has 0 N–H and O–H groups in total. The minimum atomic E-state index is -0.617. The highest BCUT2D eigenvalue weighted by Gasteiger charge is 2.29. The molecule has 0 spiro atoms. The molecule has 0 saturated carbocycles. The van der Waals surface area contributed by atoms with Gasteiger partial charge in [0.05, 0.1) is 18.3 Å². The summed E-state index contributed by atoms with van der Waals surface area (Å²) in [4.78, 5) is 48.9. The van der Waals surface area contributed by atoms with Crippen molar-refractivity contribution in [1.29, 1.82) is 0 Å². The van der Waals surface area contributed by atoms with Gasteiger partial charge in [0.15, 0.2) is 0 Å². The van der Waals surface area contributed by atoms with Gasteiger partial charge in [-0.15, -0.1) is 0 Å². The van der Waals surface area contributed by atoms with Gasteiger partial charge in [0.25, 0.3) is 0 Å². The predicted octanol–water partition coefficient (Wildman–Crippen LogP) is 6.34. The molecule has 0 aliphatic heterocycles. The van der Waals surface area contributed by atoms with Crippen molar-refractivity contribution in [2.45, 2.75) is 144 Å². The zero-order chi connectivity index (χ0) is 27.4. The Morgan fingerprint density at radius 1 is 0.543 bits per heavy atom. The van der Waals surface area contributed by atoms with Crippen LogP contribution in [0.25, 0.3) is 0 Å². The molecule has 7 nitrogen and oxygen atoms in total. The zero-order valence-corrected chi connectivity index (χ0v) is 23.9. The van der Waals surface area contributed by atoms with E-state index >= 15 is 0 Å². The van der Waals surface area contributed by atoms with Crippen molar-refractivity contribution in [2.24, 2.45) is 11.8 Å². The van der Waals surface area contributed by atoms with Gasteiger partial charge in [0, 0.05) is 6.42 Å². The summed E-state index contributed by atoms with van der Waals surface area (Å²) in [6.45, 7) is 17.8. The van der Waals surface area contributed by atoms with E-state index in [4.69, 9.17) is 14.2 Å². The fraction of sp³-hybridized carbons (Fsp3) is 0.857. The number of hydrogen-bond acceptors (Lipinski definition) is 7. The van der Waals surface area contributed by atoms with E-state index in [1.165, 1.54) is 6.92 Å². The van der Waals surface area contributed by atoms with E-state index in [-0.39, 0.29) is 30.6 Å². The SMILES string of the molecule is CC(=O)C[C@H](CCCCCCC[C@@H](CC(=O)OC(C)(C)C)C(=O)OC(C)(C)C)C(=O)OC(C)(C)C. The van der Waals surface area contributed by atoms with Gasteiger partial charge in [0.2, 0.25) is 0 Å². The summed E-state index contributed by atoms with van der Waals surface area (Å²) in [6.07, 6.45) is 5.76. The predicted molar refractivity (Wildman–Crippen MR) is 137 cm³/mol. The third kappa shape index (κ3) is 19.0. The summed E-state index contributed by atoms with van der Waals surface area (Å²) in [5.41, 5.74) is -1.79. The molecule has 0 aromatic carbocycles. The fourth-order valence-electron chi connectivity index (χ4n) is 3.62. The Morgan fingerprint density at radius 2 is 0.886 bits per heavy atom. The first-order valence-electron chi connectivity index (χ1n) is 13.0. The van der Waals surface area contributed by atoms with E-state index in [0.717, 1.165) is 32.1 Å². The molecular weight excluding hydrogens is 448 g/mol. The third-order valence-electron chi connectivity index (χ3n) is 4.95. The largest absolute Gasteiger partial charge is 0.460 e. The summed E-state index contributed by atoms with van der Waals surface area (Å²) >= 11 is 0. The van der Waals surface area contributed by atoms with Crippen LogP contribution in [0.5, 0.6) is 0 Å². The van der Waals surface area contributed by atoms with Gasteiger partial charge in [-0.1, -0.05) is 32.1 Å². The maximum atomic E-state index is 12.7. The van der Waals surface area contributed by atoms with E-state index in [2.05, 4.69) is 0 Å². The van der Waals surface area contributed by atoms with Gasteiger partial charge in [-0.2, -0.15) is 0 Å². The summed E-state index contributed by atoms with van der Waals surface area (Å²) in [5.74, 6) is -2.03. The lowest BCUT2D eigenvalue weighted by Gasteiger charge is -2.25. The molecule has 0 fully saturated rings. The second kappa shape index (κ2) is 14.6. The van der Waals surface area contributed by atoms with Crippen LogP contribution in [0.1, 0.15) is 127 Å². The molecule has 0 amide bonds. The number of ketones is 1. The summed E-state index contributed by atoms with van der Waals surface area (Å²) in [6, 6.07) is 0. The lowest BCUT2D eigenvalue weighted by Crippen LogP contribution is -2.32. The summed E-state index contributed by atoms with van der Waals surface area (Å²) < 4.78 is 16.4. The molecule has 204 valence electrons. The first-order valence-corrected chi connectivity index (χ1v) is 13.0. The van der Waals surface area contributed by atoms with Crippen LogP contribution in [0.2, 0.25) is 0 Å². The molecule has 35 heavy (non-hydrogen) atoms. The number of unbranched alkanes of at least 4 members (excludes halogenated alkanes) is 4. The highest BCUT2D eigenvalue weighted by atomic mass is 16.6. The number of Topliss-reactive ketones (excluding diaryl/α,β-unsaturated/α-hetero) is 1. The molecule has 2 atom stereocenters. The van der Waals surface area contributed by atoms with E-state index < -0.39 is 34.6 Å². The molecule has 0 unspecified atom stereocenters. The topological polar surface area (TPSA) is 96.0 Å². The van der Waals surface area contributed by atoms with Crippen LogP contribution in [-0.4, -0.2) is 40.5 Å². The van der Waals surface area contributed by atoms with E-state index in [1.54, 1.807) is 20.8 Å². The van der Waals surface area contributed by atoms with Crippen molar-refractivity contribution in [1.82, 2.24) is 0 Å². The quantitative estimate of drug-likeness (QED) is 0.156. The van der Waals surface area contributed by atoms with Crippen LogP contribution in [0.3, 0.4) is 0 Å². The summed E-state index contributed by atoms with van der Waals surface area (Å²) in [5, 5.41) is 0. The van der Waals surface area contributed by atoms with Gasteiger partial charge < -0.3 is 19.0 Å². The number of hydrogen-bond donors (Lipinski definition) is 0. The maximum Gasteiger partial charge on any atom is 0.310 e. The highest BCUT2D eigenvalue weighted by Crippen LogP contribution is 2.23. The molecule has 0 radical (unpaired) electrons. The lowest BCUT2D eigenvalue weighted by atomic mass is 9.94. The Bertz CT molecular complexity index is 690. The average Bonchev–Trinajstić information content (AvgIpc) is 2.60. The van der Waals surface area contributed by atoms with Crippen LogP contribution < -0.4 is 0 Å². The van der Waals surface area contributed by atoms with Gasteiger partial charge in [-0.3, -0.25) is 14.4 Å². The minimum absolute atomic E-state index is 0.00873. The molecule has 0 aliphatic carbocycles. The van der Waals surface area contributed by atoms with Crippen molar-refractivity contribution >= 4 is 23.7 Å². The first kappa shape index (κ1) is 33.1. The molecule has 0 rings (SSSR count). The minimum Gasteiger partial charge on any atom is -0.460 e. The molecule has 0 aromatic rings. The molecule has 0 aromatic heterocycles. The standard InChI is InChI=1S/C28H50O7/c1-20(29)18-21(24(31)34-27(5,6)7)16-14-12-11-13-15-17-22(25(32)35-28(8,9)10)19-23(30)33-26(2,3)4/h21-22H,11-19H2,1-10H3/t21-,22-/m0/s1. The van der Waals surface area contributed by atoms with Crippen LogP contribution in [0, 0.1) is 11.8 Å². The fourth-order valence-corrected chi connectivity index (χ4v) is 3.62. The van der Waals surface area contributed by atoms with E-state index in [9.17, 15) is 19.2 Å². The van der Waals surface area contributed by atoms with Crippen molar-refractivity contribution < 1.29 is 33.4 Å². The van der Waals surface area contributed by atoms with Crippen molar-refractivity contribution in [2.75, 3.05) is 0 Å². The maximum absolute atomic E-state index is 12.7. The normalized spacial score (nSPS) is 14.1. The summed E-state index contributed by atoms with van der Waals surface area (Å²) in [7, 11) is 0. The van der Waals surface area contributed by atoms with Crippen molar-refractivity contribution in [3.8, 4) is 0 Å². The molecule has 7 heteroatoms. The Labute approximate surface area is 213 Å². The van der Waals surface area contributed by atoms with E-state index in [1.807, 2.05) is 41.5 Å². The third-order valence-corrected chi connectivity index (χ3v) is 4.95. The first-order chi connectivity index (χ1) is 15.8. The van der Waals surface area contributed by atoms with E-state index in [0.29, 0.717) is 12.8 Å². The van der Waals surface area contributed by atoms with Crippen LogP contribution in [0.4, 0.5) is 0 Å². The van der Waals surface area contributed by atoms with Gasteiger partial charge in [-0.05, 0) is 82.1 Å². The number of esters is 3. The Morgan fingerprint density at radius 3 is 1.23 bits per heavy atom. The molecule has 0 bridgehead atoms. The Balaban J connectivity index is 4.65. The second-order valence-corrected chi connectivity index (χ2v) is 12.5. The van der Waals surface area contributed by atoms with Crippen LogP contribution in [-0.2, 0) is 33.4 Å². The van der Waals surface area contributed by atoms with Crippen molar-refractivity contribution in [3.63, 3.8) is 0 Å². The van der Waals surface area contributed by atoms with Crippen LogP contribution in [0.15, 0.2) is 0 Å². The number of carbonyl (C=O) groups is 4. The number of carbonyl (C=O) groups excluding carboxylic acids is 4. The zero-order valence-electron chi connectivity index (χ0n) is 23.9. The Kier molecular flexibility index (Phi) is 13.8. The lowest BCUT2D eigenvalue weighted by molar-refractivity contribution is -0.167. The van der Waals surface area contributed by atoms with Gasteiger partial charge in [-0.25, -0.2) is 0 Å². The van der Waals surface area contributed by atoms with Crippen LogP contribution >= 0.6 is 0 Å². The Hall–Kier alpha value is -1.92. The highest BCUT2D eigenvalue weighted by molar-refractivity contribution is 5.83. The van der Waals surface area contributed by atoms with Gasteiger partial charge >= 0.3 is 17.9 Å². The second-order valence-electron chi connectivity index (χ2n) is 12.5. The number of ether oxygens (including phenoxy) is 3. The van der Waals surface area contributed by atoms with Crippen molar-refractivity contribution in [3.05, 3.63) is 0 Å². The average molecular weight is 499 g/mol. The smallest absolute Gasteiger partial charge is 0.310 e. The van der Waals surface area contributed by atoms with Gasteiger partial charge in [0.1, 0.15) is 22.6 Å². The molecule has 0 heterocycles.